The third-order valence-corrected chi connectivity index (χ3v) is 3.41. The summed E-state index contributed by atoms with van der Waals surface area (Å²) in [6.07, 6.45) is -9.89. The number of alkyl halides is 6. The molecule has 0 unspecified atom stereocenters. The maximum Gasteiger partial charge on any atom is 0.417 e. The van der Waals surface area contributed by atoms with E-state index in [-0.39, 0.29) is 6.07 Å². The molecule has 0 heterocycles. The summed E-state index contributed by atoms with van der Waals surface area (Å²) in [5.74, 6) is 0. The van der Waals surface area contributed by atoms with Crippen molar-refractivity contribution in [1.82, 2.24) is 0 Å². The van der Waals surface area contributed by atoms with E-state index >= 15 is 0 Å². The van der Waals surface area contributed by atoms with E-state index in [0.717, 1.165) is 0 Å². The second kappa shape index (κ2) is 6.73. The van der Waals surface area contributed by atoms with Gasteiger partial charge in [-0.25, -0.2) is 4.79 Å². The third-order valence-electron chi connectivity index (χ3n) is 2.56. The van der Waals surface area contributed by atoms with E-state index in [1.165, 1.54) is 27.0 Å². The number of hydrogen-bond acceptors (Lipinski definition) is 3. The van der Waals surface area contributed by atoms with Crippen molar-refractivity contribution >= 4 is 23.5 Å². The second-order valence-corrected chi connectivity index (χ2v) is 6.54. The molecule has 0 fully saturated rings. The lowest BCUT2D eigenvalue weighted by molar-refractivity contribution is -0.144. The number of ether oxygens (including phenoxy) is 1. The summed E-state index contributed by atoms with van der Waals surface area (Å²) >= 11 is 0.571. The van der Waals surface area contributed by atoms with Gasteiger partial charge >= 0.3 is 18.4 Å². The molecule has 0 aromatic heterocycles. The summed E-state index contributed by atoms with van der Waals surface area (Å²) in [6, 6.07) is 0.469. The van der Waals surface area contributed by atoms with Gasteiger partial charge in [-0.15, -0.1) is 11.8 Å². The van der Waals surface area contributed by atoms with Gasteiger partial charge in [0.1, 0.15) is 5.60 Å². The van der Waals surface area contributed by atoms with Crippen LogP contribution in [0.1, 0.15) is 31.9 Å². The zero-order chi connectivity index (χ0) is 18.9. The average molecular weight is 375 g/mol. The highest BCUT2D eigenvalue weighted by Gasteiger charge is 2.39. The maximum atomic E-state index is 13.1. The Labute approximate surface area is 138 Å². The number of carbonyl (C=O) groups excluding carboxylic acids is 1. The van der Waals surface area contributed by atoms with E-state index in [1.54, 1.807) is 0 Å². The first kappa shape index (κ1) is 20.5. The molecule has 1 amide bonds. The minimum Gasteiger partial charge on any atom is -0.444 e. The van der Waals surface area contributed by atoms with Crippen molar-refractivity contribution in [2.24, 2.45) is 0 Å². The molecule has 136 valence electrons. The zero-order valence-electron chi connectivity index (χ0n) is 13.1. The summed E-state index contributed by atoms with van der Waals surface area (Å²) < 4.78 is 82.7. The van der Waals surface area contributed by atoms with E-state index in [0.29, 0.717) is 17.8 Å². The quantitative estimate of drug-likeness (QED) is 0.525. The van der Waals surface area contributed by atoms with E-state index in [1.807, 2.05) is 5.32 Å². The second-order valence-electron chi connectivity index (χ2n) is 5.73. The maximum absolute atomic E-state index is 13.1. The molecule has 0 radical (unpaired) electrons. The van der Waals surface area contributed by atoms with Crippen LogP contribution >= 0.6 is 11.8 Å². The van der Waals surface area contributed by atoms with E-state index in [2.05, 4.69) is 0 Å². The SMILES string of the molecule is CSc1c(NC(=O)OC(C)(C)C)cc(C(F)(F)F)cc1C(F)(F)F. The van der Waals surface area contributed by atoms with Gasteiger partial charge in [-0.1, -0.05) is 0 Å². The monoisotopic (exact) mass is 375 g/mol. The van der Waals surface area contributed by atoms with Gasteiger partial charge in [-0.3, -0.25) is 5.32 Å². The normalized spacial score (nSPS) is 12.9. The highest BCUT2D eigenvalue weighted by atomic mass is 32.2. The molecule has 1 N–H and O–H groups in total. The molecular formula is C14H15F6NO2S. The van der Waals surface area contributed by atoms with Crippen LogP contribution in [-0.4, -0.2) is 18.0 Å². The standard InChI is InChI=1S/C14H15F6NO2S/c1-12(2,3)23-11(22)21-9-6-7(13(15,16)17)5-8(10(9)24-4)14(18,19)20/h5-6H,1-4H3,(H,21,22). The Balaban J connectivity index is 3.43. The number of rotatable bonds is 2. The lowest BCUT2D eigenvalue weighted by Gasteiger charge is -2.22. The van der Waals surface area contributed by atoms with Crippen LogP contribution in [0.4, 0.5) is 36.8 Å². The van der Waals surface area contributed by atoms with Crippen molar-refractivity contribution in [3.8, 4) is 0 Å². The average Bonchev–Trinajstić information content (AvgIpc) is 2.33. The molecule has 0 atom stereocenters. The van der Waals surface area contributed by atoms with Gasteiger partial charge in [0.25, 0.3) is 0 Å². The molecule has 1 aromatic rings. The molecule has 1 aromatic carbocycles. The molecule has 0 spiro atoms. The van der Waals surface area contributed by atoms with E-state index in [9.17, 15) is 31.1 Å². The molecule has 0 saturated carbocycles. The van der Waals surface area contributed by atoms with Gasteiger partial charge in [0.2, 0.25) is 0 Å². The van der Waals surface area contributed by atoms with Crippen molar-refractivity contribution in [2.45, 2.75) is 43.6 Å². The summed E-state index contributed by atoms with van der Waals surface area (Å²) in [7, 11) is 0. The fraction of sp³-hybridized carbons (Fsp3) is 0.500. The van der Waals surface area contributed by atoms with E-state index in [4.69, 9.17) is 4.74 Å². The fourth-order valence-corrected chi connectivity index (χ4v) is 2.45. The molecule has 10 heteroatoms. The lowest BCUT2D eigenvalue weighted by Crippen LogP contribution is -2.27. The van der Waals surface area contributed by atoms with Crippen LogP contribution in [0, 0.1) is 0 Å². The smallest absolute Gasteiger partial charge is 0.417 e. The summed E-state index contributed by atoms with van der Waals surface area (Å²) in [5.41, 5.74) is -4.56. The molecule has 0 aliphatic heterocycles. The number of halogens is 6. The van der Waals surface area contributed by atoms with Crippen LogP contribution in [0.3, 0.4) is 0 Å². The number of amides is 1. The van der Waals surface area contributed by atoms with Crippen LogP contribution in [0.5, 0.6) is 0 Å². The molecule has 0 aliphatic carbocycles. The predicted molar refractivity (Wildman–Crippen MR) is 78.1 cm³/mol. The molecule has 0 aliphatic rings. The number of nitrogens with one attached hydrogen (secondary N) is 1. The molecule has 0 bridgehead atoms. The first-order valence-corrected chi connectivity index (χ1v) is 7.74. The minimum absolute atomic E-state index is 0.0199. The van der Waals surface area contributed by atoms with Crippen LogP contribution in [0.15, 0.2) is 17.0 Å². The molecule has 3 nitrogen and oxygen atoms in total. The zero-order valence-corrected chi connectivity index (χ0v) is 14.0. The Morgan fingerprint density at radius 2 is 1.58 bits per heavy atom. The first-order valence-electron chi connectivity index (χ1n) is 6.51. The largest absolute Gasteiger partial charge is 0.444 e. The van der Waals surface area contributed by atoms with Crippen LogP contribution in [0.2, 0.25) is 0 Å². The van der Waals surface area contributed by atoms with Gasteiger partial charge in [0.05, 0.1) is 16.8 Å². The third kappa shape index (κ3) is 5.50. The molecule has 1 rings (SSSR count). The molecule has 0 saturated heterocycles. The van der Waals surface area contributed by atoms with Crippen LogP contribution in [0.25, 0.3) is 0 Å². The van der Waals surface area contributed by atoms with Crippen molar-refractivity contribution in [2.75, 3.05) is 11.6 Å². The topological polar surface area (TPSA) is 38.3 Å². The molecule has 24 heavy (non-hydrogen) atoms. The van der Waals surface area contributed by atoms with Gasteiger partial charge < -0.3 is 4.74 Å². The first-order chi connectivity index (χ1) is 10.6. The predicted octanol–water partition coefficient (Wildman–Crippen LogP) is 5.79. The van der Waals surface area contributed by atoms with Gasteiger partial charge in [-0.2, -0.15) is 26.3 Å². The Kier molecular flexibility index (Phi) is 5.74. The van der Waals surface area contributed by atoms with Crippen molar-refractivity contribution in [1.29, 1.82) is 0 Å². The highest BCUT2D eigenvalue weighted by Crippen LogP contribution is 2.44. The lowest BCUT2D eigenvalue weighted by atomic mass is 10.1. The van der Waals surface area contributed by atoms with Gasteiger partial charge in [0.15, 0.2) is 0 Å². The molecular weight excluding hydrogens is 360 g/mol. The summed E-state index contributed by atoms with van der Waals surface area (Å²) in [6.45, 7) is 4.53. The Hall–Kier alpha value is -1.58. The highest BCUT2D eigenvalue weighted by molar-refractivity contribution is 7.98. The van der Waals surface area contributed by atoms with E-state index < -0.39 is 45.8 Å². The van der Waals surface area contributed by atoms with Crippen molar-refractivity contribution < 1.29 is 35.9 Å². The number of anilines is 1. The number of carbonyl (C=O) groups is 1. The Morgan fingerprint density at radius 3 is 1.96 bits per heavy atom. The number of benzene rings is 1. The summed E-state index contributed by atoms with van der Waals surface area (Å²) in [5, 5.41) is 1.96. The van der Waals surface area contributed by atoms with Crippen LogP contribution < -0.4 is 5.32 Å². The summed E-state index contributed by atoms with van der Waals surface area (Å²) in [4.78, 5) is 11.2. The Bertz CT molecular complexity index is 619. The van der Waals surface area contributed by atoms with Crippen molar-refractivity contribution in [3.63, 3.8) is 0 Å². The van der Waals surface area contributed by atoms with Gasteiger partial charge in [-0.05, 0) is 39.2 Å². The fourth-order valence-electron chi connectivity index (χ4n) is 1.73. The number of hydrogen-bond donors (Lipinski definition) is 1. The van der Waals surface area contributed by atoms with Gasteiger partial charge in [0, 0.05) is 4.90 Å². The van der Waals surface area contributed by atoms with Crippen molar-refractivity contribution in [3.05, 3.63) is 23.3 Å². The Morgan fingerprint density at radius 1 is 1.04 bits per heavy atom. The minimum atomic E-state index is -5.01. The number of thioether (sulfide) groups is 1. The van der Waals surface area contributed by atoms with Crippen LogP contribution in [-0.2, 0) is 17.1 Å².